The predicted molar refractivity (Wildman–Crippen MR) is 69.2 cm³/mol. The van der Waals surface area contributed by atoms with Crippen LogP contribution in [0.3, 0.4) is 0 Å². The van der Waals surface area contributed by atoms with E-state index >= 15 is 0 Å². The predicted octanol–water partition coefficient (Wildman–Crippen LogP) is 2.38. The minimum atomic E-state index is 0.829. The molecule has 0 spiro atoms. The molecule has 3 rings (SSSR count). The van der Waals surface area contributed by atoms with E-state index in [1.54, 1.807) is 6.20 Å². The molecule has 4 nitrogen and oxygen atoms in total. The standard InChI is InChI=1S/C13H16N4/c1-3-10-5-2-6-14-13(10)11(4-1)7-15-12-8-16-17-9-12/h1,3-4,8-9,14-15H,2,5-7H2,(H,16,17). The summed E-state index contributed by atoms with van der Waals surface area (Å²) in [4.78, 5) is 0. The van der Waals surface area contributed by atoms with E-state index in [-0.39, 0.29) is 0 Å². The van der Waals surface area contributed by atoms with Crippen molar-refractivity contribution in [2.45, 2.75) is 19.4 Å². The summed E-state index contributed by atoms with van der Waals surface area (Å²) >= 11 is 0. The number of benzene rings is 1. The van der Waals surface area contributed by atoms with Crippen molar-refractivity contribution in [1.29, 1.82) is 0 Å². The van der Waals surface area contributed by atoms with Crippen LogP contribution >= 0.6 is 0 Å². The quantitative estimate of drug-likeness (QED) is 0.756. The average molecular weight is 228 g/mol. The Balaban J connectivity index is 1.78. The number of anilines is 2. The van der Waals surface area contributed by atoms with Gasteiger partial charge in [0.15, 0.2) is 0 Å². The molecule has 0 fully saturated rings. The summed E-state index contributed by atoms with van der Waals surface area (Å²) in [5, 5.41) is 13.6. The molecule has 2 aromatic rings. The third-order valence-electron chi connectivity index (χ3n) is 3.14. The fourth-order valence-electron chi connectivity index (χ4n) is 2.27. The zero-order valence-electron chi connectivity index (χ0n) is 9.66. The summed E-state index contributed by atoms with van der Waals surface area (Å²) in [6.45, 7) is 1.91. The molecule has 0 aliphatic carbocycles. The molecule has 1 aromatic carbocycles. The molecule has 0 amide bonds. The van der Waals surface area contributed by atoms with Crippen molar-refractivity contribution in [1.82, 2.24) is 10.2 Å². The van der Waals surface area contributed by atoms with Crippen molar-refractivity contribution in [2.75, 3.05) is 17.2 Å². The molecule has 0 saturated carbocycles. The Morgan fingerprint density at radius 2 is 2.35 bits per heavy atom. The largest absolute Gasteiger partial charge is 0.385 e. The lowest BCUT2D eigenvalue weighted by Crippen LogP contribution is -2.14. The number of fused-ring (bicyclic) bond motifs is 1. The van der Waals surface area contributed by atoms with Gasteiger partial charge in [-0.1, -0.05) is 18.2 Å². The van der Waals surface area contributed by atoms with Crippen LogP contribution in [0.4, 0.5) is 11.4 Å². The molecule has 88 valence electrons. The molecular formula is C13H16N4. The zero-order chi connectivity index (χ0) is 11.5. The Kier molecular flexibility index (Phi) is 2.69. The highest BCUT2D eigenvalue weighted by molar-refractivity contribution is 5.60. The number of hydrogen-bond acceptors (Lipinski definition) is 3. The van der Waals surface area contributed by atoms with Gasteiger partial charge in [0.05, 0.1) is 11.9 Å². The normalized spacial score (nSPS) is 13.9. The number of H-pyrrole nitrogens is 1. The van der Waals surface area contributed by atoms with Gasteiger partial charge >= 0.3 is 0 Å². The van der Waals surface area contributed by atoms with E-state index in [2.05, 4.69) is 39.0 Å². The van der Waals surface area contributed by atoms with Gasteiger partial charge in [0.25, 0.3) is 0 Å². The number of para-hydroxylation sites is 1. The smallest absolute Gasteiger partial charge is 0.0726 e. The number of nitrogens with one attached hydrogen (secondary N) is 3. The Hall–Kier alpha value is -1.97. The Morgan fingerprint density at radius 1 is 1.35 bits per heavy atom. The van der Waals surface area contributed by atoms with Gasteiger partial charge in [0, 0.05) is 25.0 Å². The first kappa shape index (κ1) is 10.2. The van der Waals surface area contributed by atoms with Gasteiger partial charge in [-0.2, -0.15) is 5.10 Å². The molecule has 0 saturated heterocycles. The van der Waals surface area contributed by atoms with Crippen molar-refractivity contribution in [2.24, 2.45) is 0 Å². The summed E-state index contributed by atoms with van der Waals surface area (Å²) in [7, 11) is 0. The van der Waals surface area contributed by atoms with Crippen LogP contribution in [0.5, 0.6) is 0 Å². The van der Waals surface area contributed by atoms with E-state index in [1.807, 2.05) is 6.20 Å². The number of rotatable bonds is 3. The van der Waals surface area contributed by atoms with Crippen LogP contribution < -0.4 is 10.6 Å². The van der Waals surface area contributed by atoms with Gasteiger partial charge in [-0.15, -0.1) is 0 Å². The Labute approximate surface area is 100 Å². The van der Waals surface area contributed by atoms with Crippen LogP contribution in [0.15, 0.2) is 30.6 Å². The van der Waals surface area contributed by atoms with Crippen LogP contribution in [-0.2, 0) is 13.0 Å². The molecule has 1 aliphatic rings. The number of nitrogens with zero attached hydrogens (tertiary/aromatic N) is 1. The van der Waals surface area contributed by atoms with Gasteiger partial charge < -0.3 is 10.6 Å². The third kappa shape index (κ3) is 2.11. The molecule has 17 heavy (non-hydrogen) atoms. The van der Waals surface area contributed by atoms with Crippen molar-refractivity contribution >= 4 is 11.4 Å². The summed E-state index contributed by atoms with van der Waals surface area (Å²) in [5.74, 6) is 0. The second kappa shape index (κ2) is 4.49. The van der Waals surface area contributed by atoms with E-state index in [1.165, 1.54) is 29.7 Å². The van der Waals surface area contributed by atoms with E-state index in [9.17, 15) is 0 Å². The highest BCUT2D eigenvalue weighted by Gasteiger charge is 2.11. The van der Waals surface area contributed by atoms with Gasteiger partial charge in [-0.05, 0) is 24.0 Å². The fraction of sp³-hybridized carbons (Fsp3) is 0.308. The second-order valence-electron chi connectivity index (χ2n) is 4.32. The topological polar surface area (TPSA) is 52.7 Å². The van der Waals surface area contributed by atoms with Crippen LogP contribution in [0.1, 0.15) is 17.5 Å². The van der Waals surface area contributed by atoms with Crippen molar-refractivity contribution in [3.8, 4) is 0 Å². The zero-order valence-corrected chi connectivity index (χ0v) is 9.66. The molecule has 2 heterocycles. The van der Waals surface area contributed by atoms with Crippen molar-refractivity contribution < 1.29 is 0 Å². The number of aromatic amines is 1. The van der Waals surface area contributed by atoms with Crippen LogP contribution in [0, 0.1) is 0 Å². The first-order valence-electron chi connectivity index (χ1n) is 6.01. The average Bonchev–Trinajstić information content (AvgIpc) is 2.89. The summed E-state index contributed by atoms with van der Waals surface area (Å²) in [6.07, 6.45) is 6.07. The molecule has 0 unspecified atom stereocenters. The Bertz CT molecular complexity index is 490. The lowest BCUT2D eigenvalue weighted by Gasteiger charge is -2.21. The van der Waals surface area contributed by atoms with Gasteiger partial charge in [-0.25, -0.2) is 0 Å². The van der Waals surface area contributed by atoms with Crippen molar-refractivity contribution in [3.05, 3.63) is 41.7 Å². The van der Waals surface area contributed by atoms with Gasteiger partial charge in [0.1, 0.15) is 0 Å². The summed E-state index contributed by atoms with van der Waals surface area (Å²) in [6, 6.07) is 6.52. The molecule has 1 aromatic heterocycles. The fourth-order valence-corrected chi connectivity index (χ4v) is 2.27. The van der Waals surface area contributed by atoms with E-state index < -0.39 is 0 Å². The van der Waals surface area contributed by atoms with Crippen molar-refractivity contribution in [3.63, 3.8) is 0 Å². The van der Waals surface area contributed by atoms with E-state index in [0.717, 1.165) is 18.8 Å². The lowest BCUT2D eigenvalue weighted by atomic mass is 9.99. The van der Waals surface area contributed by atoms with Crippen LogP contribution in [0.25, 0.3) is 0 Å². The molecular weight excluding hydrogens is 212 g/mol. The highest BCUT2D eigenvalue weighted by atomic mass is 15.1. The first-order valence-corrected chi connectivity index (χ1v) is 6.01. The molecule has 0 atom stereocenters. The SMILES string of the molecule is c1cc2c(c(CNc3cn[nH]c3)c1)NCCC2. The molecule has 1 aliphatic heterocycles. The van der Waals surface area contributed by atoms with E-state index in [4.69, 9.17) is 0 Å². The number of hydrogen-bond donors (Lipinski definition) is 3. The maximum Gasteiger partial charge on any atom is 0.0726 e. The molecule has 4 heteroatoms. The van der Waals surface area contributed by atoms with Crippen LogP contribution in [-0.4, -0.2) is 16.7 Å². The maximum atomic E-state index is 3.92. The minimum Gasteiger partial charge on any atom is -0.385 e. The summed E-state index contributed by atoms with van der Waals surface area (Å²) < 4.78 is 0. The lowest BCUT2D eigenvalue weighted by molar-refractivity contribution is 0.825. The molecule has 3 N–H and O–H groups in total. The van der Waals surface area contributed by atoms with Gasteiger partial charge in [0.2, 0.25) is 0 Å². The highest BCUT2D eigenvalue weighted by Crippen LogP contribution is 2.26. The molecule has 0 bridgehead atoms. The Morgan fingerprint density at radius 3 is 3.24 bits per heavy atom. The van der Waals surface area contributed by atoms with Gasteiger partial charge in [-0.3, -0.25) is 5.10 Å². The van der Waals surface area contributed by atoms with E-state index in [0.29, 0.717) is 0 Å². The van der Waals surface area contributed by atoms with Crippen LogP contribution in [0.2, 0.25) is 0 Å². The summed E-state index contributed by atoms with van der Waals surface area (Å²) in [5.41, 5.74) is 5.10. The third-order valence-corrected chi connectivity index (χ3v) is 3.14. The number of aryl methyl sites for hydroxylation is 1. The molecule has 0 radical (unpaired) electrons. The monoisotopic (exact) mass is 228 g/mol. The first-order chi connectivity index (χ1) is 8.43. The number of aromatic nitrogens is 2. The maximum absolute atomic E-state index is 3.92. The second-order valence-corrected chi connectivity index (χ2v) is 4.32. The minimum absolute atomic E-state index is 0.829.